The van der Waals surface area contributed by atoms with Crippen molar-refractivity contribution in [2.45, 2.75) is 13.0 Å². The molecule has 0 aliphatic carbocycles. The smallest absolute Gasteiger partial charge is 0.309 e. The minimum atomic E-state index is -0.728. The fraction of sp³-hybridized carbons (Fsp3) is 0.263. The van der Waals surface area contributed by atoms with Crippen LogP contribution in [0.15, 0.2) is 36.4 Å². The molecule has 2 aromatic rings. The average Bonchev–Trinajstić information content (AvgIpc) is 2.66. The van der Waals surface area contributed by atoms with E-state index in [4.69, 9.17) is 32.7 Å². The van der Waals surface area contributed by atoms with Gasteiger partial charge in [-0.3, -0.25) is 9.59 Å². The molecule has 0 bridgehead atoms. The summed E-state index contributed by atoms with van der Waals surface area (Å²) in [5.41, 5.74) is 1.62. The van der Waals surface area contributed by atoms with Gasteiger partial charge in [-0.25, -0.2) is 0 Å². The van der Waals surface area contributed by atoms with Crippen LogP contribution < -0.4 is 20.1 Å². The Morgan fingerprint density at radius 2 is 1.63 bits per heavy atom. The normalized spacial score (nSPS) is 10.2. The van der Waals surface area contributed by atoms with E-state index in [2.05, 4.69) is 10.6 Å². The monoisotopic (exact) mass is 410 g/mol. The second-order valence-corrected chi connectivity index (χ2v) is 6.46. The van der Waals surface area contributed by atoms with E-state index in [0.717, 1.165) is 5.56 Å². The van der Waals surface area contributed by atoms with Crippen LogP contribution in [0.2, 0.25) is 10.0 Å². The van der Waals surface area contributed by atoms with Crippen molar-refractivity contribution in [2.24, 2.45) is 0 Å². The zero-order valence-electron chi connectivity index (χ0n) is 15.0. The van der Waals surface area contributed by atoms with Crippen molar-refractivity contribution < 1.29 is 19.1 Å². The van der Waals surface area contributed by atoms with Crippen LogP contribution in [0.25, 0.3) is 0 Å². The van der Waals surface area contributed by atoms with Crippen LogP contribution in [0.3, 0.4) is 0 Å². The van der Waals surface area contributed by atoms with Crippen LogP contribution in [0, 0.1) is 0 Å². The van der Waals surface area contributed by atoms with Gasteiger partial charge in [0.2, 0.25) is 0 Å². The summed E-state index contributed by atoms with van der Waals surface area (Å²) >= 11 is 11.9. The summed E-state index contributed by atoms with van der Waals surface area (Å²) in [7, 11) is 3.12. The number of nitrogens with one attached hydrogen (secondary N) is 2. The lowest BCUT2D eigenvalue weighted by Crippen LogP contribution is -2.40. The number of halogens is 2. The molecule has 0 aliphatic rings. The molecule has 0 spiro atoms. The molecule has 6 nitrogen and oxygen atoms in total. The fourth-order valence-electron chi connectivity index (χ4n) is 2.36. The van der Waals surface area contributed by atoms with Crippen LogP contribution in [0.1, 0.15) is 11.1 Å². The van der Waals surface area contributed by atoms with Gasteiger partial charge in [-0.05, 0) is 41.8 Å². The molecule has 0 aliphatic heterocycles. The molecular formula is C19H20Cl2N2O4. The zero-order chi connectivity index (χ0) is 19.8. The lowest BCUT2D eigenvalue weighted by molar-refractivity contribution is -0.139. The second kappa shape index (κ2) is 10.0. The minimum absolute atomic E-state index is 0.137. The van der Waals surface area contributed by atoms with Crippen molar-refractivity contribution in [2.75, 3.05) is 20.8 Å². The Kier molecular flexibility index (Phi) is 7.76. The lowest BCUT2D eigenvalue weighted by Gasteiger charge is -2.10. The van der Waals surface area contributed by atoms with Crippen molar-refractivity contribution in [3.63, 3.8) is 0 Å². The van der Waals surface area contributed by atoms with Gasteiger partial charge in [0.15, 0.2) is 11.5 Å². The van der Waals surface area contributed by atoms with Crippen molar-refractivity contribution in [1.29, 1.82) is 0 Å². The molecule has 8 heteroatoms. The van der Waals surface area contributed by atoms with Crippen molar-refractivity contribution >= 4 is 35.0 Å². The Morgan fingerprint density at radius 1 is 0.926 bits per heavy atom. The minimum Gasteiger partial charge on any atom is -0.493 e. The first-order valence-electron chi connectivity index (χ1n) is 8.15. The molecule has 144 valence electrons. The highest BCUT2D eigenvalue weighted by Gasteiger charge is 2.13. The number of carbonyl (C=O) groups is 2. The summed E-state index contributed by atoms with van der Waals surface area (Å²) in [6, 6.07) is 10.4. The number of benzene rings is 2. The Hall–Kier alpha value is -2.44. The van der Waals surface area contributed by atoms with E-state index in [-0.39, 0.29) is 6.54 Å². The molecule has 2 amide bonds. The van der Waals surface area contributed by atoms with E-state index in [1.54, 1.807) is 38.5 Å². The Morgan fingerprint density at radius 3 is 2.30 bits per heavy atom. The largest absolute Gasteiger partial charge is 0.493 e. The molecule has 2 N–H and O–H groups in total. The molecule has 27 heavy (non-hydrogen) atoms. The van der Waals surface area contributed by atoms with E-state index in [1.165, 1.54) is 0 Å². The quantitative estimate of drug-likeness (QED) is 0.687. The third-order valence-electron chi connectivity index (χ3n) is 3.81. The van der Waals surface area contributed by atoms with Gasteiger partial charge < -0.3 is 20.1 Å². The van der Waals surface area contributed by atoms with Crippen molar-refractivity contribution in [3.8, 4) is 11.5 Å². The predicted molar refractivity (Wildman–Crippen MR) is 105 cm³/mol. The van der Waals surface area contributed by atoms with Crippen LogP contribution in [0.5, 0.6) is 11.5 Å². The average molecular weight is 411 g/mol. The number of methoxy groups -OCH3 is 2. The molecular weight excluding hydrogens is 391 g/mol. The molecule has 0 atom stereocenters. The van der Waals surface area contributed by atoms with Gasteiger partial charge in [0.1, 0.15) is 0 Å². The number of ether oxygens (including phenoxy) is 2. The molecule has 0 fully saturated rings. The molecule has 0 radical (unpaired) electrons. The molecule has 0 aromatic heterocycles. The van der Waals surface area contributed by atoms with E-state index in [1.807, 2.05) is 12.1 Å². The predicted octanol–water partition coefficient (Wildman–Crippen LogP) is 2.99. The number of carbonyl (C=O) groups excluding carboxylic acids is 2. The first-order valence-corrected chi connectivity index (χ1v) is 8.91. The SMILES string of the molecule is COc1ccc(CCNC(=O)C(=O)NCc2ccc(Cl)cc2Cl)cc1OC. The first kappa shape index (κ1) is 20.9. The van der Waals surface area contributed by atoms with E-state index >= 15 is 0 Å². The number of hydrogen-bond acceptors (Lipinski definition) is 4. The topological polar surface area (TPSA) is 76.7 Å². The van der Waals surface area contributed by atoms with Crippen LogP contribution >= 0.6 is 23.2 Å². The number of amides is 2. The molecule has 2 rings (SSSR count). The summed E-state index contributed by atoms with van der Waals surface area (Å²) in [5.74, 6) is -0.196. The second-order valence-electron chi connectivity index (χ2n) is 5.61. The van der Waals surface area contributed by atoms with Gasteiger partial charge in [0, 0.05) is 23.1 Å². The first-order chi connectivity index (χ1) is 12.9. The van der Waals surface area contributed by atoms with Gasteiger partial charge in [-0.1, -0.05) is 35.3 Å². The van der Waals surface area contributed by atoms with Crippen LogP contribution in [-0.2, 0) is 22.6 Å². The summed E-state index contributed by atoms with van der Waals surface area (Å²) in [6.45, 7) is 0.446. The summed E-state index contributed by atoms with van der Waals surface area (Å²) in [4.78, 5) is 23.8. The molecule has 0 heterocycles. The Bertz CT molecular complexity index is 827. The third-order valence-corrected chi connectivity index (χ3v) is 4.39. The molecule has 2 aromatic carbocycles. The van der Waals surface area contributed by atoms with Crippen molar-refractivity contribution in [3.05, 3.63) is 57.6 Å². The van der Waals surface area contributed by atoms with Gasteiger partial charge >= 0.3 is 11.8 Å². The highest BCUT2D eigenvalue weighted by molar-refractivity contribution is 6.36. The summed E-state index contributed by atoms with van der Waals surface area (Å²) in [6.07, 6.45) is 0.544. The Balaban J connectivity index is 1.80. The van der Waals surface area contributed by atoms with E-state index in [0.29, 0.717) is 40.1 Å². The maximum Gasteiger partial charge on any atom is 0.309 e. The van der Waals surface area contributed by atoms with Gasteiger partial charge in [-0.15, -0.1) is 0 Å². The summed E-state index contributed by atoms with van der Waals surface area (Å²) < 4.78 is 10.4. The molecule has 0 unspecified atom stereocenters. The highest BCUT2D eigenvalue weighted by Crippen LogP contribution is 2.27. The van der Waals surface area contributed by atoms with Crippen molar-refractivity contribution in [1.82, 2.24) is 10.6 Å². The zero-order valence-corrected chi connectivity index (χ0v) is 16.5. The summed E-state index contributed by atoms with van der Waals surface area (Å²) in [5, 5.41) is 6.04. The number of rotatable bonds is 7. The third kappa shape index (κ3) is 6.05. The fourth-order valence-corrected chi connectivity index (χ4v) is 2.83. The van der Waals surface area contributed by atoms with Gasteiger partial charge in [0.05, 0.1) is 14.2 Å². The van der Waals surface area contributed by atoms with Gasteiger partial charge in [-0.2, -0.15) is 0 Å². The lowest BCUT2D eigenvalue weighted by atomic mass is 10.1. The standard InChI is InChI=1S/C19H20Cl2N2O4/c1-26-16-6-3-12(9-17(16)27-2)7-8-22-18(24)19(25)23-11-13-4-5-14(20)10-15(13)21/h3-6,9-10H,7-8,11H2,1-2H3,(H,22,24)(H,23,25). The molecule has 0 saturated carbocycles. The van der Waals surface area contributed by atoms with Gasteiger partial charge in [0.25, 0.3) is 0 Å². The maximum atomic E-state index is 11.9. The van der Waals surface area contributed by atoms with E-state index in [9.17, 15) is 9.59 Å². The number of hydrogen-bond donors (Lipinski definition) is 2. The molecule has 0 saturated heterocycles. The van der Waals surface area contributed by atoms with E-state index < -0.39 is 11.8 Å². The van der Waals surface area contributed by atoms with Crippen LogP contribution in [-0.4, -0.2) is 32.6 Å². The highest BCUT2D eigenvalue weighted by atomic mass is 35.5. The Labute approximate surface area is 167 Å². The van der Waals surface area contributed by atoms with Crippen LogP contribution in [0.4, 0.5) is 0 Å². The maximum absolute atomic E-state index is 11.9.